The fourth-order valence-electron chi connectivity index (χ4n) is 0.872. The predicted molar refractivity (Wildman–Crippen MR) is 66.2 cm³/mol. The molecule has 0 bridgehead atoms. The molecule has 0 radical (unpaired) electrons. The number of rotatable bonds is 5. The molecule has 0 saturated carbocycles. The van der Waals surface area contributed by atoms with E-state index in [1.807, 2.05) is 5.38 Å². The first-order chi connectivity index (χ1) is 7.08. The molecule has 1 rings (SSSR count). The maximum atomic E-state index is 11.3. The summed E-state index contributed by atoms with van der Waals surface area (Å²) >= 11 is 4.71. The summed E-state index contributed by atoms with van der Waals surface area (Å²) in [5, 5.41) is 8.40. The standard InChI is InChI=1S/C9H14BrN3OS/c1-6(2)3-11-8(14)4-12-9-13-7(10)5-15-9/h5-6H,3-4H2,1-2H3,(H,11,14)(H,12,13). The van der Waals surface area contributed by atoms with E-state index in [2.05, 4.69) is 45.4 Å². The van der Waals surface area contributed by atoms with Crippen molar-refractivity contribution < 1.29 is 4.79 Å². The van der Waals surface area contributed by atoms with Gasteiger partial charge in [0.05, 0.1) is 6.54 Å². The number of nitrogens with zero attached hydrogens (tertiary/aromatic N) is 1. The molecular formula is C9H14BrN3OS. The Hall–Kier alpha value is -0.620. The smallest absolute Gasteiger partial charge is 0.239 e. The van der Waals surface area contributed by atoms with Crippen LogP contribution in [0.4, 0.5) is 5.13 Å². The summed E-state index contributed by atoms with van der Waals surface area (Å²) in [5.41, 5.74) is 0. The molecule has 2 N–H and O–H groups in total. The summed E-state index contributed by atoms with van der Waals surface area (Å²) in [6.45, 7) is 5.10. The van der Waals surface area contributed by atoms with Gasteiger partial charge in [-0.15, -0.1) is 11.3 Å². The molecule has 0 saturated heterocycles. The van der Waals surface area contributed by atoms with Crippen LogP contribution in [0.1, 0.15) is 13.8 Å². The zero-order chi connectivity index (χ0) is 11.3. The van der Waals surface area contributed by atoms with Gasteiger partial charge in [0.15, 0.2) is 5.13 Å². The van der Waals surface area contributed by atoms with E-state index < -0.39 is 0 Å². The highest BCUT2D eigenvalue weighted by atomic mass is 79.9. The highest BCUT2D eigenvalue weighted by Gasteiger charge is 2.03. The third-order valence-corrected chi connectivity index (χ3v) is 3.09. The fraction of sp³-hybridized carbons (Fsp3) is 0.556. The van der Waals surface area contributed by atoms with E-state index in [4.69, 9.17) is 0 Å². The van der Waals surface area contributed by atoms with Crippen molar-refractivity contribution in [3.05, 3.63) is 9.98 Å². The van der Waals surface area contributed by atoms with Gasteiger partial charge in [0.25, 0.3) is 0 Å². The van der Waals surface area contributed by atoms with Crippen LogP contribution in [-0.4, -0.2) is 24.0 Å². The Morgan fingerprint density at radius 3 is 2.93 bits per heavy atom. The molecule has 6 heteroatoms. The first-order valence-corrected chi connectivity index (χ1v) is 6.37. The molecule has 0 atom stereocenters. The van der Waals surface area contributed by atoms with Crippen molar-refractivity contribution in [2.24, 2.45) is 5.92 Å². The SMILES string of the molecule is CC(C)CNC(=O)CNc1nc(Br)cs1. The lowest BCUT2D eigenvalue weighted by atomic mass is 10.2. The Balaban J connectivity index is 2.22. The van der Waals surface area contributed by atoms with Crippen molar-refractivity contribution in [2.45, 2.75) is 13.8 Å². The number of nitrogens with one attached hydrogen (secondary N) is 2. The van der Waals surface area contributed by atoms with Crippen LogP contribution in [0.25, 0.3) is 0 Å². The summed E-state index contributed by atoms with van der Waals surface area (Å²) in [5.74, 6) is 0.470. The minimum Gasteiger partial charge on any atom is -0.354 e. The molecule has 0 aliphatic carbocycles. The minimum atomic E-state index is -0.00461. The largest absolute Gasteiger partial charge is 0.354 e. The van der Waals surface area contributed by atoms with Crippen LogP contribution >= 0.6 is 27.3 Å². The second-order valence-electron chi connectivity index (χ2n) is 3.53. The van der Waals surface area contributed by atoms with Gasteiger partial charge in [0, 0.05) is 11.9 Å². The van der Waals surface area contributed by atoms with Gasteiger partial charge in [-0.25, -0.2) is 4.98 Å². The molecule has 1 amide bonds. The molecule has 1 heterocycles. The van der Waals surface area contributed by atoms with E-state index in [1.54, 1.807) is 0 Å². The Morgan fingerprint density at radius 1 is 1.67 bits per heavy atom. The van der Waals surface area contributed by atoms with Crippen LogP contribution in [0, 0.1) is 5.92 Å². The molecule has 0 aliphatic heterocycles. The highest BCUT2D eigenvalue weighted by molar-refractivity contribution is 9.10. The monoisotopic (exact) mass is 291 g/mol. The van der Waals surface area contributed by atoms with Crippen molar-refractivity contribution in [3.63, 3.8) is 0 Å². The Morgan fingerprint density at radius 2 is 2.40 bits per heavy atom. The summed E-state index contributed by atoms with van der Waals surface area (Å²) in [4.78, 5) is 15.4. The van der Waals surface area contributed by atoms with Crippen LogP contribution in [0.15, 0.2) is 9.98 Å². The van der Waals surface area contributed by atoms with Crippen molar-refractivity contribution >= 4 is 38.3 Å². The molecule has 0 aromatic carbocycles. The van der Waals surface area contributed by atoms with Gasteiger partial charge in [-0.3, -0.25) is 4.79 Å². The Labute approximate surface area is 102 Å². The quantitative estimate of drug-likeness (QED) is 0.873. The van der Waals surface area contributed by atoms with Gasteiger partial charge in [-0.1, -0.05) is 13.8 Å². The van der Waals surface area contributed by atoms with Crippen molar-refractivity contribution in [1.82, 2.24) is 10.3 Å². The van der Waals surface area contributed by atoms with E-state index in [0.29, 0.717) is 12.5 Å². The summed E-state index contributed by atoms with van der Waals surface area (Å²) in [6, 6.07) is 0. The molecule has 1 aromatic heterocycles. The number of anilines is 1. The summed E-state index contributed by atoms with van der Waals surface area (Å²) < 4.78 is 0.789. The van der Waals surface area contributed by atoms with Crippen molar-refractivity contribution in [2.75, 3.05) is 18.4 Å². The first-order valence-electron chi connectivity index (χ1n) is 4.69. The van der Waals surface area contributed by atoms with Gasteiger partial charge in [0.2, 0.25) is 5.91 Å². The zero-order valence-electron chi connectivity index (χ0n) is 8.71. The number of aromatic nitrogens is 1. The van der Waals surface area contributed by atoms with Crippen LogP contribution in [0.3, 0.4) is 0 Å². The molecule has 0 spiro atoms. The fourth-order valence-corrected chi connectivity index (χ4v) is 2.01. The molecule has 1 aromatic rings. The van der Waals surface area contributed by atoms with Crippen LogP contribution in [-0.2, 0) is 4.79 Å². The summed E-state index contributed by atoms with van der Waals surface area (Å²) in [7, 11) is 0. The van der Waals surface area contributed by atoms with Crippen LogP contribution in [0.2, 0.25) is 0 Å². The molecule has 0 aliphatic rings. The average Bonchev–Trinajstić information content (AvgIpc) is 2.58. The van der Waals surface area contributed by atoms with E-state index >= 15 is 0 Å². The lowest BCUT2D eigenvalue weighted by Crippen LogP contribution is -2.32. The number of amides is 1. The maximum absolute atomic E-state index is 11.3. The Kier molecular flexibility index (Phi) is 5.04. The van der Waals surface area contributed by atoms with Crippen molar-refractivity contribution in [3.8, 4) is 0 Å². The minimum absolute atomic E-state index is 0.00461. The lowest BCUT2D eigenvalue weighted by Gasteiger charge is -2.07. The zero-order valence-corrected chi connectivity index (χ0v) is 11.1. The third-order valence-electron chi connectivity index (χ3n) is 1.58. The topological polar surface area (TPSA) is 54.0 Å². The molecule has 0 unspecified atom stereocenters. The van der Waals surface area contributed by atoms with Gasteiger partial charge in [-0.2, -0.15) is 0 Å². The number of halogens is 1. The average molecular weight is 292 g/mol. The predicted octanol–water partition coefficient (Wildman–Crippen LogP) is 2.09. The number of hydrogen-bond acceptors (Lipinski definition) is 4. The van der Waals surface area contributed by atoms with Crippen molar-refractivity contribution in [1.29, 1.82) is 0 Å². The normalized spacial score (nSPS) is 10.4. The second kappa shape index (κ2) is 6.07. The molecule has 15 heavy (non-hydrogen) atoms. The van der Waals surface area contributed by atoms with Crippen LogP contribution < -0.4 is 10.6 Å². The number of carbonyl (C=O) groups is 1. The van der Waals surface area contributed by atoms with Gasteiger partial charge < -0.3 is 10.6 Å². The third kappa shape index (κ3) is 5.13. The molecular weight excluding hydrogens is 278 g/mol. The van der Waals surface area contributed by atoms with Gasteiger partial charge >= 0.3 is 0 Å². The molecule has 4 nitrogen and oxygen atoms in total. The number of carbonyl (C=O) groups excluding carboxylic acids is 1. The van der Waals surface area contributed by atoms with Gasteiger partial charge in [-0.05, 0) is 21.8 Å². The van der Waals surface area contributed by atoms with Crippen LogP contribution in [0.5, 0.6) is 0 Å². The number of thiazole rings is 1. The molecule has 84 valence electrons. The second-order valence-corrected chi connectivity index (χ2v) is 5.20. The Bertz CT molecular complexity index is 327. The van der Waals surface area contributed by atoms with E-state index in [9.17, 15) is 4.79 Å². The highest BCUT2D eigenvalue weighted by Crippen LogP contribution is 2.18. The molecule has 0 fully saturated rings. The van der Waals surface area contributed by atoms with Gasteiger partial charge in [0.1, 0.15) is 4.60 Å². The van der Waals surface area contributed by atoms with E-state index in [0.717, 1.165) is 9.73 Å². The number of hydrogen-bond donors (Lipinski definition) is 2. The summed E-state index contributed by atoms with van der Waals surface area (Å²) in [6.07, 6.45) is 0. The first kappa shape index (κ1) is 12.4. The van der Waals surface area contributed by atoms with E-state index in [1.165, 1.54) is 11.3 Å². The maximum Gasteiger partial charge on any atom is 0.239 e. The van der Waals surface area contributed by atoms with E-state index in [-0.39, 0.29) is 12.5 Å². The lowest BCUT2D eigenvalue weighted by molar-refractivity contribution is -0.119.